The van der Waals surface area contributed by atoms with Gasteiger partial charge in [0.1, 0.15) is 0 Å². The predicted octanol–water partition coefficient (Wildman–Crippen LogP) is 2.36. The largest absolute Gasteiger partial charge is 0.465 e. The monoisotopic (exact) mass is 307 g/mol. The molecule has 1 saturated carbocycles. The molecular formula is C17H25NO4. The molecule has 1 heterocycles. The maximum atomic E-state index is 11.8. The van der Waals surface area contributed by atoms with Crippen molar-refractivity contribution in [2.45, 2.75) is 52.4 Å². The number of carbonyl (C=O) groups is 3. The highest BCUT2D eigenvalue weighted by molar-refractivity contribution is 6.17. The van der Waals surface area contributed by atoms with Gasteiger partial charge in [-0.2, -0.15) is 0 Å². The van der Waals surface area contributed by atoms with Crippen LogP contribution in [0.4, 0.5) is 0 Å². The number of imide groups is 1. The molecule has 0 spiro atoms. The molecule has 22 heavy (non-hydrogen) atoms. The number of rotatable bonds is 6. The van der Waals surface area contributed by atoms with E-state index in [-0.39, 0.29) is 12.0 Å². The normalized spacial score (nSPS) is 28.3. The molecule has 0 aromatic rings. The molecular weight excluding hydrogens is 282 g/mol. The molecule has 5 nitrogen and oxygen atoms in total. The smallest absolute Gasteiger partial charge is 0.310 e. The zero-order valence-electron chi connectivity index (χ0n) is 13.4. The quantitative estimate of drug-likeness (QED) is 0.604. The average Bonchev–Trinajstić information content (AvgIpc) is 2.82. The van der Waals surface area contributed by atoms with Crippen molar-refractivity contribution >= 4 is 17.8 Å². The number of amides is 2. The number of nitrogens with one attached hydrogen (secondary N) is 1. The van der Waals surface area contributed by atoms with E-state index in [4.69, 9.17) is 4.74 Å². The van der Waals surface area contributed by atoms with E-state index in [9.17, 15) is 14.4 Å². The summed E-state index contributed by atoms with van der Waals surface area (Å²) in [4.78, 5) is 34.3. The molecule has 2 rings (SSSR count). The number of hydrogen-bond donors (Lipinski definition) is 1. The first-order valence-electron chi connectivity index (χ1n) is 8.23. The van der Waals surface area contributed by atoms with Crippen molar-refractivity contribution < 1.29 is 19.1 Å². The van der Waals surface area contributed by atoms with Crippen LogP contribution in [-0.4, -0.2) is 24.4 Å². The van der Waals surface area contributed by atoms with Crippen molar-refractivity contribution in [3.63, 3.8) is 0 Å². The zero-order valence-corrected chi connectivity index (χ0v) is 13.4. The molecule has 122 valence electrons. The predicted molar refractivity (Wildman–Crippen MR) is 81.7 cm³/mol. The van der Waals surface area contributed by atoms with E-state index in [2.05, 4.69) is 19.2 Å². The third-order valence-electron chi connectivity index (χ3n) is 4.80. The summed E-state index contributed by atoms with van der Waals surface area (Å²) >= 11 is 0. The molecule has 1 fully saturated rings. The molecule has 1 aliphatic carbocycles. The number of hydrogen-bond acceptors (Lipinski definition) is 4. The summed E-state index contributed by atoms with van der Waals surface area (Å²) in [6.45, 7) is 4.86. The van der Waals surface area contributed by atoms with Crippen molar-refractivity contribution in [1.82, 2.24) is 5.32 Å². The highest BCUT2D eigenvalue weighted by Crippen LogP contribution is 2.36. The maximum absolute atomic E-state index is 11.8. The van der Waals surface area contributed by atoms with Crippen LogP contribution >= 0.6 is 0 Å². The average molecular weight is 307 g/mol. The van der Waals surface area contributed by atoms with E-state index < -0.39 is 17.8 Å². The second-order valence-corrected chi connectivity index (χ2v) is 6.47. The summed E-state index contributed by atoms with van der Waals surface area (Å²) in [6, 6.07) is 0. The summed E-state index contributed by atoms with van der Waals surface area (Å²) in [5, 5.41) is 2.13. The van der Waals surface area contributed by atoms with Crippen LogP contribution in [0.2, 0.25) is 0 Å². The fourth-order valence-corrected chi connectivity index (χ4v) is 3.51. The van der Waals surface area contributed by atoms with E-state index in [1.807, 2.05) is 0 Å². The highest BCUT2D eigenvalue weighted by atomic mass is 16.5. The van der Waals surface area contributed by atoms with Gasteiger partial charge in [0.05, 0.1) is 13.0 Å². The molecule has 2 aliphatic rings. The number of carbonyl (C=O) groups excluding carboxylic acids is 3. The van der Waals surface area contributed by atoms with Crippen LogP contribution in [0.15, 0.2) is 11.6 Å². The Morgan fingerprint density at radius 1 is 1.14 bits per heavy atom. The van der Waals surface area contributed by atoms with Crippen LogP contribution in [0.5, 0.6) is 0 Å². The van der Waals surface area contributed by atoms with Gasteiger partial charge in [0.2, 0.25) is 0 Å². The minimum absolute atomic E-state index is 0.126. The Kier molecular flexibility index (Phi) is 5.75. The van der Waals surface area contributed by atoms with E-state index in [0.29, 0.717) is 12.5 Å². The van der Waals surface area contributed by atoms with Crippen molar-refractivity contribution in [1.29, 1.82) is 0 Å². The molecule has 5 heteroatoms. The molecule has 0 bridgehead atoms. The van der Waals surface area contributed by atoms with Gasteiger partial charge >= 0.3 is 5.97 Å². The first-order valence-corrected chi connectivity index (χ1v) is 8.23. The molecule has 2 amide bonds. The third-order valence-corrected chi connectivity index (χ3v) is 4.80. The summed E-state index contributed by atoms with van der Waals surface area (Å²) < 4.78 is 5.34. The van der Waals surface area contributed by atoms with Crippen molar-refractivity contribution in [3.05, 3.63) is 11.6 Å². The van der Waals surface area contributed by atoms with Crippen LogP contribution in [-0.2, 0) is 19.1 Å². The van der Waals surface area contributed by atoms with E-state index in [1.54, 1.807) is 0 Å². The highest BCUT2D eigenvalue weighted by Gasteiger charge is 2.28. The number of esters is 1. The molecule has 1 aliphatic heterocycles. The lowest BCUT2D eigenvalue weighted by molar-refractivity contribution is -0.145. The lowest BCUT2D eigenvalue weighted by Gasteiger charge is -2.33. The van der Waals surface area contributed by atoms with Crippen LogP contribution in [0.25, 0.3) is 0 Å². The molecule has 0 aromatic carbocycles. The molecule has 1 N–H and O–H groups in total. The van der Waals surface area contributed by atoms with Gasteiger partial charge in [-0.15, -0.1) is 0 Å². The van der Waals surface area contributed by atoms with Gasteiger partial charge < -0.3 is 4.74 Å². The summed E-state index contributed by atoms with van der Waals surface area (Å²) in [5.74, 6) is 0.489. The first-order chi connectivity index (χ1) is 10.5. The minimum Gasteiger partial charge on any atom is -0.465 e. The van der Waals surface area contributed by atoms with Gasteiger partial charge in [-0.3, -0.25) is 19.7 Å². The Hall–Kier alpha value is -1.65. The van der Waals surface area contributed by atoms with Crippen LogP contribution < -0.4 is 5.32 Å². The molecule has 0 unspecified atom stereocenters. The Morgan fingerprint density at radius 2 is 1.73 bits per heavy atom. The Labute approximate surface area is 131 Å². The molecule has 0 radical (unpaired) electrons. The Bertz CT molecular complexity index is 471. The maximum Gasteiger partial charge on any atom is 0.310 e. The van der Waals surface area contributed by atoms with Crippen molar-refractivity contribution in [3.8, 4) is 0 Å². The Balaban J connectivity index is 1.79. The van der Waals surface area contributed by atoms with Gasteiger partial charge in [0.25, 0.3) is 11.8 Å². The van der Waals surface area contributed by atoms with Crippen molar-refractivity contribution in [2.24, 2.45) is 17.8 Å². The van der Waals surface area contributed by atoms with E-state index >= 15 is 0 Å². The summed E-state index contributed by atoms with van der Waals surface area (Å²) in [5.41, 5.74) is 0.191. The first kappa shape index (κ1) is 16.7. The van der Waals surface area contributed by atoms with Gasteiger partial charge in [0.15, 0.2) is 0 Å². The van der Waals surface area contributed by atoms with Crippen LogP contribution in [0, 0.1) is 17.8 Å². The van der Waals surface area contributed by atoms with Crippen molar-refractivity contribution in [2.75, 3.05) is 6.61 Å². The topological polar surface area (TPSA) is 72.5 Å². The van der Waals surface area contributed by atoms with E-state index in [0.717, 1.165) is 24.7 Å². The van der Waals surface area contributed by atoms with Gasteiger partial charge in [0, 0.05) is 11.6 Å². The van der Waals surface area contributed by atoms with E-state index in [1.165, 1.54) is 25.3 Å². The van der Waals surface area contributed by atoms with Gasteiger partial charge in [-0.1, -0.05) is 26.7 Å². The Morgan fingerprint density at radius 3 is 2.23 bits per heavy atom. The SMILES string of the molecule is CC[C@@H]1CC(COC(=O)CC2=CC(=O)NC2=O)C[C@@H](CC)C1. The summed E-state index contributed by atoms with van der Waals surface area (Å²) in [6.07, 6.45) is 6.91. The van der Waals surface area contributed by atoms with Gasteiger partial charge in [-0.25, -0.2) is 0 Å². The lowest BCUT2D eigenvalue weighted by Crippen LogP contribution is -2.27. The summed E-state index contributed by atoms with van der Waals surface area (Å²) in [7, 11) is 0. The fourth-order valence-electron chi connectivity index (χ4n) is 3.51. The third kappa shape index (κ3) is 4.42. The molecule has 2 atom stereocenters. The molecule has 0 saturated heterocycles. The minimum atomic E-state index is -0.489. The second-order valence-electron chi connectivity index (χ2n) is 6.47. The fraction of sp³-hybridized carbons (Fsp3) is 0.706. The number of ether oxygens (including phenoxy) is 1. The lowest BCUT2D eigenvalue weighted by atomic mass is 9.73. The standard InChI is InChI=1S/C17H25NO4/c1-3-11-5-12(4-2)7-13(6-11)10-22-16(20)9-14-8-15(19)18-17(14)21/h8,11-13H,3-7,9-10H2,1-2H3,(H,18,19,21)/t11-,12-/m0/s1. The zero-order chi connectivity index (χ0) is 16.1. The van der Waals surface area contributed by atoms with Crippen LogP contribution in [0.1, 0.15) is 52.4 Å². The molecule has 0 aromatic heterocycles. The second kappa shape index (κ2) is 7.56. The van der Waals surface area contributed by atoms with Gasteiger partial charge in [-0.05, 0) is 37.0 Å². The van der Waals surface area contributed by atoms with Crippen LogP contribution in [0.3, 0.4) is 0 Å².